The van der Waals surface area contributed by atoms with Gasteiger partial charge in [-0.25, -0.2) is 10.0 Å². The van der Waals surface area contributed by atoms with Crippen LogP contribution in [0.2, 0.25) is 5.02 Å². The lowest BCUT2D eigenvalue weighted by Gasteiger charge is -2.42. The van der Waals surface area contributed by atoms with Gasteiger partial charge < -0.3 is 0 Å². The van der Waals surface area contributed by atoms with Gasteiger partial charge in [-0.3, -0.25) is 9.59 Å². The topological polar surface area (TPSA) is 40.6 Å². The van der Waals surface area contributed by atoms with Crippen molar-refractivity contribution in [3.8, 4) is 0 Å². The maximum Gasteiger partial charge on any atom is 0.242 e. The third kappa shape index (κ3) is 3.38. The molecule has 0 saturated heterocycles. The average Bonchev–Trinajstić information content (AvgIpc) is 2.67. The molecule has 1 heterocycles. The third-order valence-corrected chi connectivity index (χ3v) is 5.86. The van der Waals surface area contributed by atoms with Crippen LogP contribution in [0.15, 0.2) is 65.9 Å². The van der Waals surface area contributed by atoms with E-state index in [-0.39, 0.29) is 29.9 Å². The van der Waals surface area contributed by atoms with Gasteiger partial charge >= 0.3 is 0 Å². The fraction of sp³-hybridized carbons (Fsp3) is 0.304. The van der Waals surface area contributed by atoms with Gasteiger partial charge in [0, 0.05) is 49.1 Å². The second-order valence-corrected chi connectivity index (χ2v) is 8.10. The number of benzene rings is 2. The van der Waals surface area contributed by atoms with Crippen molar-refractivity contribution in [1.82, 2.24) is 10.0 Å². The maximum atomic E-state index is 13.3. The highest BCUT2D eigenvalue weighted by Gasteiger charge is 2.42. The molecule has 4 nitrogen and oxygen atoms in total. The molecule has 2 aromatic rings. The zero-order chi connectivity index (χ0) is 19.8. The van der Waals surface area contributed by atoms with Crippen LogP contribution in [0.25, 0.3) is 0 Å². The molecule has 28 heavy (non-hydrogen) atoms. The number of amides is 1. The summed E-state index contributed by atoms with van der Waals surface area (Å²) < 4.78 is 0. The lowest BCUT2D eigenvalue weighted by Crippen LogP contribution is -2.47. The monoisotopic (exact) mass is 394 g/mol. The van der Waals surface area contributed by atoms with Crippen molar-refractivity contribution < 1.29 is 9.59 Å². The van der Waals surface area contributed by atoms with Gasteiger partial charge in [-0.15, -0.1) is 0 Å². The molecule has 0 aromatic heterocycles. The molecule has 0 spiro atoms. The van der Waals surface area contributed by atoms with Gasteiger partial charge in [0.15, 0.2) is 5.78 Å². The van der Waals surface area contributed by atoms with E-state index in [2.05, 4.69) is 12.1 Å². The van der Waals surface area contributed by atoms with E-state index in [1.165, 1.54) is 0 Å². The zero-order valence-corrected chi connectivity index (χ0v) is 16.8. The number of allylic oxidation sites excluding steroid dienone is 2. The Balaban J connectivity index is 1.82. The number of ketones is 1. The summed E-state index contributed by atoms with van der Waals surface area (Å²) in [7, 11) is 3.69. The number of hydrogen-bond donors (Lipinski definition) is 0. The number of carbonyl (C=O) groups excluding carboxylic acids is 2. The second kappa shape index (κ2) is 7.53. The molecule has 2 aliphatic rings. The van der Waals surface area contributed by atoms with E-state index in [0.29, 0.717) is 17.9 Å². The first-order chi connectivity index (χ1) is 13.5. The molecule has 0 fully saturated rings. The molecule has 144 valence electrons. The smallest absolute Gasteiger partial charge is 0.242 e. The van der Waals surface area contributed by atoms with Gasteiger partial charge in [-0.2, -0.15) is 0 Å². The quantitative estimate of drug-likeness (QED) is 0.767. The predicted molar refractivity (Wildman–Crippen MR) is 110 cm³/mol. The summed E-state index contributed by atoms with van der Waals surface area (Å²) in [5.41, 5.74) is 3.66. The van der Waals surface area contributed by atoms with Crippen LogP contribution >= 0.6 is 11.6 Å². The summed E-state index contributed by atoms with van der Waals surface area (Å²) in [5, 5.41) is 4.09. The standard InChI is InChI=1S/C23H23ClN2O2/c1-25(2)26-20-12-17(15-7-4-3-5-8-15)13-21(27)23(20)19(14-22(26)28)16-9-6-10-18(24)11-16/h3-11,17,19H,12-14H2,1-2H3/t17-,19+/m0/s1. The van der Waals surface area contributed by atoms with Gasteiger partial charge in [-0.1, -0.05) is 54.1 Å². The van der Waals surface area contributed by atoms with Gasteiger partial charge in [0.1, 0.15) is 0 Å². The van der Waals surface area contributed by atoms with Crippen molar-refractivity contribution in [3.63, 3.8) is 0 Å². The van der Waals surface area contributed by atoms with E-state index < -0.39 is 0 Å². The second-order valence-electron chi connectivity index (χ2n) is 7.66. The lowest BCUT2D eigenvalue weighted by molar-refractivity contribution is -0.143. The Labute approximate surface area is 170 Å². The predicted octanol–water partition coefficient (Wildman–Crippen LogP) is 4.53. The van der Waals surface area contributed by atoms with Crippen molar-refractivity contribution in [2.24, 2.45) is 0 Å². The summed E-state index contributed by atoms with van der Waals surface area (Å²) in [4.78, 5) is 26.3. The van der Waals surface area contributed by atoms with Crippen molar-refractivity contribution in [1.29, 1.82) is 0 Å². The Morgan fingerprint density at radius 1 is 0.929 bits per heavy atom. The van der Waals surface area contributed by atoms with Gasteiger partial charge in [0.2, 0.25) is 5.91 Å². The Hall–Kier alpha value is -2.43. The van der Waals surface area contributed by atoms with Crippen LogP contribution < -0.4 is 0 Å². The van der Waals surface area contributed by atoms with Crippen LogP contribution in [0.4, 0.5) is 0 Å². The normalized spacial score (nSPS) is 22.6. The summed E-state index contributed by atoms with van der Waals surface area (Å²) in [6.07, 6.45) is 1.42. The van der Waals surface area contributed by atoms with Crippen molar-refractivity contribution >= 4 is 23.3 Å². The van der Waals surface area contributed by atoms with E-state index in [1.807, 2.05) is 56.6 Å². The SMILES string of the molecule is CN(C)N1C(=O)C[C@H](c2cccc(Cl)c2)C2=C1C[C@H](c1ccccc1)CC2=O. The van der Waals surface area contributed by atoms with Crippen LogP contribution in [-0.2, 0) is 9.59 Å². The molecule has 2 aromatic carbocycles. The lowest BCUT2D eigenvalue weighted by atomic mass is 9.73. The molecule has 0 unspecified atom stereocenters. The molecular formula is C23H23ClN2O2. The minimum Gasteiger partial charge on any atom is -0.294 e. The van der Waals surface area contributed by atoms with Crippen molar-refractivity contribution in [2.75, 3.05) is 14.1 Å². The number of Topliss-reactive ketones (excluding diaryl/α,β-unsaturated/α-hetero) is 1. The van der Waals surface area contributed by atoms with Crippen molar-refractivity contribution in [2.45, 2.75) is 31.1 Å². The molecule has 5 heteroatoms. The minimum absolute atomic E-state index is 0.00948. The van der Waals surface area contributed by atoms with E-state index in [4.69, 9.17) is 11.6 Å². The average molecular weight is 395 g/mol. The van der Waals surface area contributed by atoms with E-state index in [9.17, 15) is 9.59 Å². The Kier molecular flexibility index (Phi) is 5.09. The molecule has 0 bridgehead atoms. The summed E-state index contributed by atoms with van der Waals surface area (Å²) >= 11 is 6.19. The third-order valence-electron chi connectivity index (χ3n) is 5.62. The first kappa shape index (κ1) is 18.9. The largest absolute Gasteiger partial charge is 0.294 e. The summed E-state index contributed by atoms with van der Waals surface area (Å²) in [6.45, 7) is 0. The fourth-order valence-electron chi connectivity index (χ4n) is 4.45. The number of nitrogens with zero attached hydrogens (tertiary/aromatic N) is 2. The number of halogens is 1. The molecule has 0 saturated carbocycles. The summed E-state index contributed by atoms with van der Waals surface area (Å²) in [6, 6.07) is 17.6. The van der Waals surface area contributed by atoms with Gasteiger partial charge in [-0.05, 0) is 35.6 Å². The van der Waals surface area contributed by atoms with E-state index in [1.54, 1.807) is 10.0 Å². The molecule has 4 rings (SSSR count). The van der Waals surface area contributed by atoms with Crippen LogP contribution in [-0.4, -0.2) is 35.8 Å². The first-order valence-electron chi connectivity index (χ1n) is 9.52. The minimum atomic E-state index is -0.235. The van der Waals surface area contributed by atoms with Crippen molar-refractivity contribution in [3.05, 3.63) is 82.0 Å². The molecule has 2 atom stereocenters. The molecular weight excluding hydrogens is 372 g/mol. The molecule has 1 aliphatic heterocycles. The summed E-state index contributed by atoms with van der Waals surface area (Å²) in [5.74, 6) is -0.0166. The highest BCUT2D eigenvalue weighted by molar-refractivity contribution is 6.30. The van der Waals surface area contributed by atoms with Gasteiger partial charge in [0.25, 0.3) is 0 Å². The fourth-order valence-corrected chi connectivity index (χ4v) is 4.65. The number of rotatable bonds is 3. The van der Waals surface area contributed by atoms with Crippen LogP contribution in [0, 0.1) is 0 Å². The van der Waals surface area contributed by atoms with E-state index >= 15 is 0 Å². The van der Waals surface area contributed by atoms with E-state index in [0.717, 1.165) is 22.4 Å². The highest BCUT2D eigenvalue weighted by Crippen LogP contribution is 2.46. The van der Waals surface area contributed by atoms with Crippen LogP contribution in [0.1, 0.15) is 42.2 Å². The van der Waals surface area contributed by atoms with Crippen LogP contribution in [0.3, 0.4) is 0 Å². The Bertz CT molecular complexity index is 952. The maximum absolute atomic E-state index is 13.3. The number of hydrazine groups is 1. The zero-order valence-electron chi connectivity index (χ0n) is 16.1. The molecule has 1 amide bonds. The number of carbonyl (C=O) groups is 2. The van der Waals surface area contributed by atoms with Gasteiger partial charge in [0.05, 0.1) is 0 Å². The molecule has 1 aliphatic carbocycles. The molecule has 0 radical (unpaired) electrons. The van der Waals surface area contributed by atoms with Crippen LogP contribution in [0.5, 0.6) is 0 Å². The molecule has 0 N–H and O–H groups in total. The number of hydrogen-bond acceptors (Lipinski definition) is 3. The highest BCUT2D eigenvalue weighted by atomic mass is 35.5. The Morgan fingerprint density at radius 3 is 2.32 bits per heavy atom. The Morgan fingerprint density at radius 2 is 1.64 bits per heavy atom. The first-order valence-corrected chi connectivity index (χ1v) is 9.90.